The van der Waals surface area contributed by atoms with Gasteiger partial charge in [0.25, 0.3) is 0 Å². The third-order valence-electron chi connectivity index (χ3n) is 5.38. The van der Waals surface area contributed by atoms with Crippen LogP contribution in [0.5, 0.6) is 0 Å². The predicted molar refractivity (Wildman–Crippen MR) is 90.9 cm³/mol. The highest BCUT2D eigenvalue weighted by molar-refractivity contribution is 7.11. The van der Waals surface area contributed by atoms with Gasteiger partial charge in [-0.3, -0.25) is 0 Å². The molecule has 1 aromatic heterocycles. The third-order valence-corrected chi connectivity index (χ3v) is 6.60. The lowest BCUT2D eigenvalue weighted by Crippen LogP contribution is -2.43. The fourth-order valence-corrected chi connectivity index (χ4v) is 4.88. The van der Waals surface area contributed by atoms with Gasteiger partial charge in [0.1, 0.15) is 5.01 Å². The summed E-state index contributed by atoms with van der Waals surface area (Å²) < 4.78 is 0. The van der Waals surface area contributed by atoms with Crippen LogP contribution in [-0.2, 0) is 12.0 Å². The molecule has 118 valence electrons. The van der Waals surface area contributed by atoms with Crippen LogP contribution < -0.4 is 5.32 Å². The molecule has 21 heavy (non-hydrogen) atoms. The van der Waals surface area contributed by atoms with Crippen molar-refractivity contribution in [3.8, 4) is 0 Å². The van der Waals surface area contributed by atoms with Gasteiger partial charge in [-0.2, -0.15) is 0 Å². The minimum atomic E-state index is 0.164. The number of nitrogens with one attached hydrogen (secondary N) is 1. The van der Waals surface area contributed by atoms with Crippen LogP contribution in [-0.4, -0.2) is 11.0 Å². The fraction of sp³-hybridized carbons (Fsp3) is 0.833. The molecule has 2 nitrogen and oxygen atoms in total. The Morgan fingerprint density at radius 1 is 1.19 bits per heavy atom. The maximum Gasteiger partial charge on any atom is 0.113 e. The van der Waals surface area contributed by atoms with E-state index in [1.807, 2.05) is 11.3 Å². The zero-order valence-electron chi connectivity index (χ0n) is 14.1. The van der Waals surface area contributed by atoms with Crippen molar-refractivity contribution in [2.24, 2.45) is 5.41 Å². The lowest BCUT2D eigenvalue weighted by Gasteiger charge is -2.33. The monoisotopic (exact) mass is 306 g/mol. The third kappa shape index (κ3) is 3.34. The van der Waals surface area contributed by atoms with Gasteiger partial charge in [0, 0.05) is 10.9 Å². The van der Waals surface area contributed by atoms with Gasteiger partial charge in [-0.15, -0.1) is 11.3 Å². The largest absolute Gasteiger partial charge is 0.303 e. The minimum absolute atomic E-state index is 0.164. The Kier molecular flexibility index (Phi) is 4.17. The molecule has 2 saturated carbocycles. The SMILES string of the molecule is CCc1nc(C2(NC3CC3)CCCC(C)(C)CC2)sc1C. The second-order valence-electron chi connectivity index (χ2n) is 7.89. The number of nitrogens with zero attached hydrogens (tertiary/aromatic N) is 1. The summed E-state index contributed by atoms with van der Waals surface area (Å²) >= 11 is 1.95. The Hall–Kier alpha value is -0.410. The summed E-state index contributed by atoms with van der Waals surface area (Å²) in [7, 11) is 0. The van der Waals surface area contributed by atoms with Crippen molar-refractivity contribution in [1.29, 1.82) is 0 Å². The number of hydrogen-bond acceptors (Lipinski definition) is 3. The Balaban J connectivity index is 1.91. The van der Waals surface area contributed by atoms with E-state index in [-0.39, 0.29) is 5.54 Å². The zero-order valence-corrected chi connectivity index (χ0v) is 14.9. The first-order valence-corrected chi connectivity index (χ1v) is 9.50. The van der Waals surface area contributed by atoms with Crippen molar-refractivity contribution < 1.29 is 0 Å². The summed E-state index contributed by atoms with van der Waals surface area (Å²) in [6.07, 6.45) is 10.3. The highest BCUT2D eigenvalue weighted by Crippen LogP contribution is 2.45. The van der Waals surface area contributed by atoms with E-state index < -0.39 is 0 Å². The molecule has 1 N–H and O–H groups in total. The van der Waals surface area contributed by atoms with Crippen LogP contribution in [0, 0.1) is 12.3 Å². The van der Waals surface area contributed by atoms with Crippen LogP contribution in [0.15, 0.2) is 0 Å². The Morgan fingerprint density at radius 2 is 1.95 bits per heavy atom. The Bertz CT molecular complexity index is 501. The van der Waals surface area contributed by atoms with Gasteiger partial charge in [-0.1, -0.05) is 27.2 Å². The molecule has 1 unspecified atom stereocenters. The predicted octanol–water partition coefficient (Wildman–Crippen LogP) is 4.95. The summed E-state index contributed by atoms with van der Waals surface area (Å²) in [5.74, 6) is 0. The number of hydrogen-bond donors (Lipinski definition) is 1. The van der Waals surface area contributed by atoms with Gasteiger partial charge in [-0.05, 0) is 57.3 Å². The van der Waals surface area contributed by atoms with E-state index >= 15 is 0 Å². The molecular weight excluding hydrogens is 276 g/mol. The smallest absolute Gasteiger partial charge is 0.113 e. The van der Waals surface area contributed by atoms with Gasteiger partial charge >= 0.3 is 0 Å². The first kappa shape index (κ1) is 15.5. The van der Waals surface area contributed by atoms with Crippen LogP contribution in [0.25, 0.3) is 0 Å². The molecule has 0 aromatic carbocycles. The molecule has 2 aliphatic carbocycles. The van der Waals surface area contributed by atoms with Crippen molar-refractivity contribution in [2.75, 3.05) is 0 Å². The highest BCUT2D eigenvalue weighted by atomic mass is 32.1. The van der Waals surface area contributed by atoms with Gasteiger partial charge in [0.15, 0.2) is 0 Å². The molecule has 3 rings (SSSR count). The van der Waals surface area contributed by atoms with Gasteiger partial charge in [-0.25, -0.2) is 4.98 Å². The second kappa shape index (κ2) is 5.66. The summed E-state index contributed by atoms with van der Waals surface area (Å²) in [5.41, 5.74) is 1.97. The molecule has 0 amide bonds. The van der Waals surface area contributed by atoms with Crippen LogP contribution in [0.1, 0.15) is 81.3 Å². The standard InChI is InChI=1S/C18H30N2S/c1-5-15-13(2)21-16(19-15)18(20-14-7-8-14)10-6-9-17(3,4)11-12-18/h14,20H,5-12H2,1-4H3. The maximum absolute atomic E-state index is 5.05. The van der Waals surface area contributed by atoms with Gasteiger partial charge in [0.05, 0.1) is 11.2 Å². The molecule has 1 heterocycles. The van der Waals surface area contributed by atoms with Crippen molar-refractivity contribution in [3.63, 3.8) is 0 Å². The van der Waals surface area contributed by atoms with E-state index in [0.717, 1.165) is 12.5 Å². The van der Waals surface area contributed by atoms with E-state index in [4.69, 9.17) is 4.98 Å². The normalized spacial score (nSPS) is 29.3. The quantitative estimate of drug-likeness (QED) is 0.796. The lowest BCUT2D eigenvalue weighted by molar-refractivity contribution is 0.261. The number of aromatic nitrogens is 1. The van der Waals surface area contributed by atoms with Crippen LogP contribution >= 0.6 is 11.3 Å². The van der Waals surface area contributed by atoms with Crippen molar-refractivity contribution >= 4 is 11.3 Å². The molecular formula is C18H30N2S. The van der Waals surface area contributed by atoms with E-state index in [2.05, 4.69) is 33.0 Å². The van der Waals surface area contributed by atoms with Crippen LogP contribution in [0.3, 0.4) is 0 Å². The molecule has 1 aromatic rings. The molecule has 0 bridgehead atoms. The van der Waals surface area contributed by atoms with E-state index in [1.54, 1.807) is 0 Å². The van der Waals surface area contributed by atoms with Crippen LogP contribution in [0.4, 0.5) is 0 Å². The van der Waals surface area contributed by atoms with Crippen LogP contribution in [0.2, 0.25) is 0 Å². The van der Waals surface area contributed by atoms with E-state index in [0.29, 0.717) is 5.41 Å². The number of thiazole rings is 1. The molecule has 2 fully saturated rings. The Labute approximate surface area is 133 Å². The summed E-state index contributed by atoms with van der Waals surface area (Å²) in [6, 6.07) is 0.750. The van der Waals surface area contributed by atoms with Gasteiger partial charge in [0.2, 0.25) is 0 Å². The second-order valence-corrected chi connectivity index (χ2v) is 9.10. The van der Waals surface area contributed by atoms with Crippen molar-refractivity contribution in [2.45, 2.75) is 90.6 Å². The van der Waals surface area contributed by atoms with Gasteiger partial charge < -0.3 is 5.32 Å². The molecule has 3 heteroatoms. The maximum atomic E-state index is 5.05. The molecule has 0 radical (unpaired) electrons. The summed E-state index contributed by atoms with van der Waals surface area (Å²) in [5, 5.41) is 5.39. The van der Waals surface area contributed by atoms with Crippen molar-refractivity contribution in [1.82, 2.24) is 10.3 Å². The lowest BCUT2D eigenvalue weighted by atomic mass is 9.83. The summed E-state index contributed by atoms with van der Waals surface area (Å²) in [6.45, 7) is 9.34. The molecule has 0 spiro atoms. The number of aryl methyl sites for hydroxylation is 2. The molecule has 0 aliphatic heterocycles. The zero-order chi connectivity index (χ0) is 15.1. The highest BCUT2D eigenvalue weighted by Gasteiger charge is 2.42. The fourth-order valence-electron chi connectivity index (χ4n) is 3.67. The minimum Gasteiger partial charge on any atom is -0.303 e. The average Bonchev–Trinajstić information content (AvgIpc) is 3.18. The molecule has 2 aliphatic rings. The summed E-state index contributed by atoms with van der Waals surface area (Å²) in [4.78, 5) is 6.47. The average molecular weight is 307 g/mol. The topological polar surface area (TPSA) is 24.9 Å². The first-order valence-electron chi connectivity index (χ1n) is 8.69. The number of rotatable bonds is 4. The van der Waals surface area contributed by atoms with E-state index in [1.165, 1.54) is 60.5 Å². The van der Waals surface area contributed by atoms with E-state index in [9.17, 15) is 0 Å². The Morgan fingerprint density at radius 3 is 2.57 bits per heavy atom. The molecule has 1 atom stereocenters. The van der Waals surface area contributed by atoms with Crippen molar-refractivity contribution in [3.05, 3.63) is 15.6 Å². The molecule has 0 saturated heterocycles. The first-order chi connectivity index (χ1) is 9.94.